The number of nitrogens with zero attached hydrogens (tertiary/aromatic N) is 1. The topological polar surface area (TPSA) is 73.1 Å². The summed E-state index contributed by atoms with van der Waals surface area (Å²) in [6.45, 7) is -0.147. The quantitative estimate of drug-likeness (QED) is 0.620. The van der Waals surface area contributed by atoms with E-state index in [1.807, 2.05) is 0 Å². The highest BCUT2D eigenvalue weighted by molar-refractivity contribution is 6.02. The van der Waals surface area contributed by atoms with Gasteiger partial charge in [0, 0.05) is 6.20 Å². The Morgan fingerprint density at radius 2 is 2.42 bits per heavy atom. The molecule has 1 heterocycles. The summed E-state index contributed by atoms with van der Waals surface area (Å²) < 4.78 is 0. The van der Waals surface area contributed by atoms with Gasteiger partial charge in [-0.1, -0.05) is 0 Å². The van der Waals surface area contributed by atoms with Crippen LogP contribution in [0, 0.1) is 0 Å². The Hall–Kier alpha value is -1.55. The summed E-state index contributed by atoms with van der Waals surface area (Å²) >= 11 is 0. The zero-order valence-electron chi connectivity index (χ0n) is 6.28. The Balaban J connectivity index is 3.13. The zero-order valence-corrected chi connectivity index (χ0v) is 6.28. The van der Waals surface area contributed by atoms with Gasteiger partial charge in [0.1, 0.15) is 5.69 Å². The van der Waals surface area contributed by atoms with E-state index >= 15 is 0 Å². The Labute approximate surface area is 69.4 Å². The first-order valence-corrected chi connectivity index (χ1v) is 3.36. The molecule has 4 heteroatoms. The van der Waals surface area contributed by atoms with Gasteiger partial charge in [0.05, 0.1) is 12.1 Å². The third-order valence-electron chi connectivity index (χ3n) is 1.37. The van der Waals surface area contributed by atoms with Gasteiger partial charge in [0.25, 0.3) is 0 Å². The third kappa shape index (κ3) is 1.54. The summed E-state index contributed by atoms with van der Waals surface area (Å²) in [5.41, 5.74) is 5.36. The predicted molar refractivity (Wildman–Crippen MR) is 42.4 cm³/mol. The van der Waals surface area contributed by atoms with Crippen LogP contribution in [0.5, 0.6) is 0 Å². The second-order valence-corrected chi connectivity index (χ2v) is 2.13. The van der Waals surface area contributed by atoms with E-state index in [9.17, 15) is 9.59 Å². The molecule has 12 heavy (non-hydrogen) atoms. The SMILES string of the molecule is NCC(=O)c1ncccc1[C]=O. The summed E-state index contributed by atoms with van der Waals surface area (Å²) in [5.74, 6) is -0.353. The predicted octanol–water partition coefficient (Wildman–Crippen LogP) is -0.319. The van der Waals surface area contributed by atoms with Crippen molar-refractivity contribution in [3.63, 3.8) is 0 Å². The van der Waals surface area contributed by atoms with E-state index in [4.69, 9.17) is 5.73 Å². The minimum absolute atomic E-state index is 0.0926. The molecular weight excluding hydrogens is 156 g/mol. The van der Waals surface area contributed by atoms with Crippen LogP contribution in [0.1, 0.15) is 16.1 Å². The molecule has 0 saturated carbocycles. The molecule has 1 rings (SSSR count). The van der Waals surface area contributed by atoms with Crippen molar-refractivity contribution in [3.05, 3.63) is 29.6 Å². The van der Waals surface area contributed by atoms with Crippen LogP contribution in [0.3, 0.4) is 0 Å². The lowest BCUT2D eigenvalue weighted by molar-refractivity contribution is 0.0996. The van der Waals surface area contributed by atoms with Crippen molar-refractivity contribution in [2.75, 3.05) is 6.54 Å². The highest BCUT2D eigenvalue weighted by Gasteiger charge is 2.09. The fourth-order valence-electron chi connectivity index (χ4n) is 0.807. The largest absolute Gasteiger partial charge is 0.324 e. The van der Waals surface area contributed by atoms with E-state index in [2.05, 4.69) is 4.98 Å². The Morgan fingerprint density at radius 1 is 1.67 bits per heavy atom. The number of ketones is 1. The minimum atomic E-state index is -0.353. The average molecular weight is 163 g/mol. The standard InChI is InChI=1S/C8H7N2O2/c9-4-7(12)8-6(5-11)2-1-3-10-8/h1-3H,4,9H2. The molecular formula is C8H7N2O2. The Bertz CT molecular complexity index is 310. The number of Topliss-reactive ketones (excluding diaryl/α,β-unsaturated/α-hetero) is 1. The number of nitrogens with two attached hydrogens (primary N) is 1. The maximum Gasteiger partial charge on any atom is 0.235 e. The van der Waals surface area contributed by atoms with Gasteiger partial charge < -0.3 is 5.73 Å². The minimum Gasteiger partial charge on any atom is -0.324 e. The second-order valence-electron chi connectivity index (χ2n) is 2.13. The molecule has 0 aliphatic carbocycles. The highest BCUT2D eigenvalue weighted by atomic mass is 16.1. The molecule has 0 amide bonds. The first-order valence-electron chi connectivity index (χ1n) is 3.36. The van der Waals surface area contributed by atoms with Crippen LogP contribution in [-0.4, -0.2) is 23.6 Å². The first-order chi connectivity index (χ1) is 5.79. The summed E-state index contributed by atoms with van der Waals surface area (Å²) in [5, 5.41) is 0. The molecule has 0 unspecified atom stereocenters. The van der Waals surface area contributed by atoms with Crippen LogP contribution in [0.2, 0.25) is 0 Å². The van der Waals surface area contributed by atoms with Gasteiger partial charge in [-0.2, -0.15) is 0 Å². The van der Waals surface area contributed by atoms with Crippen molar-refractivity contribution in [3.8, 4) is 0 Å². The number of pyridine rings is 1. The molecule has 1 radical (unpaired) electrons. The summed E-state index contributed by atoms with van der Waals surface area (Å²) in [7, 11) is 0. The molecule has 0 aromatic carbocycles. The van der Waals surface area contributed by atoms with Gasteiger partial charge >= 0.3 is 0 Å². The van der Waals surface area contributed by atoms with Crippen molar-refractivity contribution in [2.24, 2.45) is 5.73 Å². The second kappa shape index (κ2) is 3.73. The van der Waals surface area contributed by atoms with Crippen LogP contribution >= 0.6 is 0 Å². The third-order valence-corrected chi connectivity index (χ3v) is 1.37. The van der Waals surface area contributed by atoms with E-state index in [0.717, 1.165) is 0 Å². The number of rotatable bonds is 3. The summed E-state index contributed by atoms with van der Waals surface area (Å²) in [6.07, 6.45) is 3.06. The van der Waals surface area contributed by atoms with Crippen LogP contribution in [0.4, 0.5) is 0 Å². The zero-order chi connectivity index (χ0) is 8.97. The van der Waals surface area contributed by atoms with Gasteiger partial charge in [-0.25, -0.2) is 0 Å². The van der Waals surface area contributed by atoms with Crippen molar-refractivity contribution in [2.45, 2.75) is 0 Å². The lowest BCUT2D eigenvalue weighted by Gasteiger charge is -1.97. The van der Waals surface area contributed by atoms with Gasteiger partial charge in [-0.05, 0) is 12.1 Å². The molecule has 0 fully saturated rings. The number of aromatic nitrogens is 1. The molecule has 0 spiro atoms. The van der Waals surface area contributed by atoms with Gasteiger partial charge in [-0.3, -0.25) is 14.6 Å². The Kier molecular flexibility index (Phi) is 2.66. The number of carbonyl (C=O) groups excluding carboxylic acids is 2. The van der Waals surface area contributed by atoms with Crippen molar-refractivity contribution < 1.29 is 9.59 Å². The van der Waals surface area contributed by atoms with E-state index in [-0.39, 0.29) is 23.6 Å². The van der Waals surface area contributed by atoms with Crippen LogP contribution in [0.25, 0.3) is 0 Å². The normalized spacial score (nSPS) is 9.42. The maximum absolute atomic E-state index is 11.0. The number of hydrogen-bond acceptors (Lipinski definition) is 4. The van der Waals surface area contributed by atoms with Crippen LogP contribution < -0.4 is 5.73 Å². The van der Waals surface area contributed by atoms with Crippen molar-refractivity contribution in [1.29, 1.82) is 0 Å². The molecule has 0 aliphatic heterocycles. The molecule has 0 aliphatic rings. The van der Waals surface area contributed by atoms with E-state index in [0.29, 0.717) is 0 Å². The molecule has 61 valence electrons. The fourth-order valence-corrected chi connectivity index (χ4v) is 0.807. The number of carbonyl (C=O) groups is 1. The maximum atomic E-state index is 11.0. The van der Waals surface area contributed by atoms with Crippen molar-refractivity contribution in [1.82, 2.24) is 4.98 Å². The monoisotopic (exact) mass is 163 g/mol. The highest BCUT2D eigenvalue weighted by Crippen LogP contribution is 2.01. The molecule has 0 bridgehead atoms. The molecule has 0 atom stereocenters. The lowest BCUT2D eigenvalue weighted by atomic mass is 10.1. The number of hydrogen-bond donors (Lipinski definition) is 1. The van der Waals surface area contributed by atoms with Gasteiger partial charge in [0.15, 0.2) is 5.78 Å². The van der Waals surface area contributed by atoms with Crippen LogP contribution in [-0.2, 0) is 4.79 Å². The Morgan fingerprint density at radius 3 is 3.00 bits per heavy atom. The fraction of sp³-hybridized carbons (Fsp3) is 0.125. The van der Waals surface area contributed by atoms with Gasteiger partial charge in [-0.15, -0.1) is 0 Å². The lowest BCUT2D eigenvalue weighted by Crippen LogP contribution is -2.16. The van der Waals surface area contributed by atoms with Crippen LogP contribution in [0.15, 0.2) is 18.3 Å². The van der Waals surface area contributed by atoms with E-state index in [1.165, 1.54) is 12.3 Å². The molecule has 0 saturated heterocycles. The summed E-state index contributed by atoms with van der Waals surface area (Å²) in [6, 6.07) is 3.04. The molecule has 2 N–H and O–H groups in total. The first kappa shape index (κ1) is 8.55. The van der Waals surface area contributed by atoms with E-state index in [1.54, 1.807) is 12.4 Å². The van der Waals surface area contributed by atoms with Crippen molar-refractivity contribution >= 4 is 12.1 Å². The average Bonchev–Trinajstić information content (AvgIpc) is 2.16. The van der Waals surface area contributed by atoms with Gasteiger partial charge in [0.2, 0.25) is 6.29 Å². The summed E-state index contributed by atoms with van der Waals surface area (Å²) in [4.78, 5) is 25.0. The molecule has 1 aromatic rings. The smallest absolute Gasteiger partial charge is 0.235 e. The van der Waals surface area contributed by atoms with E-state index < -0.39 is 0 Å². The molecule has 4 nitrogen and oxygen atoms in total. The molecule has 1 aromatic heterocycles.